The minimum Gasteiger partial charge on any atom is -0.356 e. The summed E-state index contributed by atoms with van der Waals surface area (Å²) in [5.41, 5.74) is 0. The monoisotopic (exact) mass is 198 g/mol. The van der Waals surface area contributed by atoms with Gasteiger partial charge in [0.15, 0.2) is 0 Å². The highest BCUT2D eigenvalue weighted by Crippen LogP contribution is 2.10. The molecule has 1 saturated heterocycles. The summed E-state index contributed by atoms with van der Waals surface area (Å²) in [6, 6.07) is 0. The number of rotatable bonds is 4. The number of hydrogen-bond donors (Lipinski definition) is 2. The van der Waals surface area contributed by atoms with Crippen LogP contribution in [-0.4, -0.2) is 25.5 Å². The van der Waals surface area contributed by atoms with Crippen LogP contribution in [0.1, 0.15) is 33.1 Å². The fourth-order valence-corrected chi connectivity index (χ4v) is 1.69. The molecule has 0 aromatic heterocycles. The lowest BCUT2D eigenvalue weighted by Crippen LogP contribution is -2.37. The maximum Gasteiger partial charge on any atom is 0.222 e. The Hall–Kier alpha value is -0.570. The lowest BCUT2D eigenvalue weighted by molar-refractivity contribution is -0.124. The Labute approximate surface area is 86.6 Å². The molecule has 3 heteroatoms. The lowest BCUT2D eigenvalue weighted by Gasteiger charge is -2.23. The van der Waals surface area contributed by atoms with Gasteiger partial charge in [0.1, 0.15) is 0 Å². The molecule has 0 bridgehead atoms. The first-order valence-corrected chi connectivity index (χ1v) is 5.72. The van der Waals surface area contributed by atoms with Crippen LogP contribution in [0.5, 0.6) is 0 Å². The van der Waals surface area contributed by atoms with Crippen LogP contribution >= 0.6 is 0 Å². The van der Waals surface area contributed by atoms with Crippen LogP contribution in [0.3, 0.4) is 0 Å². The van der Waals surface area contributed by atoms with Gasteiger partial charge in [0.25, 0.3) is 0 Å². The van der Waals surface area contributed by atoms with E-state index in [2.05, 4.69) is 17.6 Å². The molecule has 1 aliphatic heterocycles. The van der Waals surface area contributed by atoms with Crippen molar-refractivity contribution in [2.75, 3.05) is 19.6 Å². The maximum absolute atomic E-state index is 11.5. The van der Waals surface area contributed by atoms with Gasteiger partial charge >= 0.3 is 0 Å². The van der Waals surface area contributed by atoms with Crippen molar-refractivity contribution in [3.63, 3.8) is 0 Å². The molecule has 0 saturated carbocycles. The molecule has 0 aromatic carbocycles. The Balaban J connectivity index is 2.15. The van der Waals surface area contributed by atoms with Crippen molar-refractivity contribution < 1.29 is 4.79 Å². The molecule has 82 valence electrons. The average Bonchev–Trinajstić information content (AvgIpc) is 2.26. The fourth-order valence-electron chi connectivity index (χ4n) is 1.69. The first kappa shape index (κ1) is 11.5. The minimum atomic E-state index is 0.164. The van der Waals surface area contributed by atoms with E-state index < -0.39 is 0 Å². The van der Waals surface area contributed by atoms with Gasteiger partial charge in [-0.3, -0.25) is 4.79 Å². The lowest BCUT2D eigenvalue weighted by atomic mass is 9.98. The van der Waals surface area contributed by atoms with Crippen molar-refractivity contribution in [1.82, 2.24) is 10.6 Å². The van der Waals surface area contributed by atoms with Gasteiger partial charge in [0, 0.05) is 12.5 Å². The van der Waals surface area contributed by atoms with Gasteiger partial charge < -0.3 is 10.6 Å². The second kappa shape index (κ2) is 6.02. The van der Waals surface area contributed by atoms with Crippen LogP contribution in [0.15, 0.2) is 0 Å². The van der Waals surface area contributed by atoms with Gasteiger partial charge in [0.2, 0.25) is 5.91 Å². The van der Waals surface area contributed by atoms with E-state index in [1.807, 2.05) is 6.92 Å². The summed E-state index contributed by atoms with van der Waals surface area (Å²) in [5.74, 6) is 1.06. The van der Waals surface area contributed by atoms with Gasteiger partial charge in [-0.2, -0.15) is 0 Å². The Morgan fingerprint density at radius 1 is 1.50 bits per heavy atom. The van der Waals surface area contributed by atoms with E-state index in [1.165, 1.54) is 12.8 Å². The zero-order valence-electron chi connectivity index (χ0n) is 9.31. The van der Waals surface area contributed by atoms with Crippen LogP contribution in [0.4, 0.5) is 0 Å². The molecule has 1 atom stereocenters. The first-order chi connectivity index (χ1) is 6.74. The van der Waals surface area contributed by atoms with Crippen molar-refractivity contribution in [3.8, 4) is 0 Å². The number of piperidine rings is 1. The highest BCUT2D eigenvalue weighted by Gasteiger charge is 2.15. The van der Waals surface area contributed by atoms with Crippen molar-refractivity contribution in [3.05, 3.63) is 0 Å². The number of carbonyl (C=O) groups excluding carboxylic acids is 1. The van der Waals surface area contributed by atoms with Crippen LogP contribution in [0, 0.1) is 11.8 Å². The molecule has 0 spiro atoms. The number of hydrogen-bond acceptors (Lipinski definition) is 2. The Bertz CT molecular complexity index is 176. The third-order valence-corrected chi connectivity index (χ3v) is 3.08. The molecule has 0 aromatic rings. The molecular weight excluding hydrogens is 176 g/mol. The van der Waals surface area contributed by atoms with Crippen LogP contribution in [0.25, 0.3) is 0 Å². The molecule has 1 amide bonds. The van der Waals surface area contributed by atoms with E-state index in [4.69, 9.17) is 0 Å². The summed E-state index contributed by atoms with van der Waals surface area (Å²) in [6.07, 6.45) is 3.32. The average molecular weight is 198 g/mol. The highest BCUT2D eigenvalue weighted by molar-refractivity contribution is 5.78. The van der Waals surface area contributed by atoms with E-state index in [0.717, 1.165) is 26.1 Å². The molecule has 1 fully saturated rings. The normalized spacial score (nSPS) is 20.4. The van der Waals surface area contributed by atoms with Crippen LogP contribution in [-0.2, 0) is 4.79 Å². The van der Waals surface area contributed by atoms with Gasteiger partial charge in [-0.15, -0.1) is 0 Å². The molecule has 1 heterocycles. The first-order valence-electron chi connectivity index (χ1n) is 5.72. The topological polar surface area (TPSA) is 41.1 Å². The van der Waals surface area contributed by atoms with Crippen molar-refractivity contribution in [2.45, 2.75) is 33.1 Å². The summed E-state index contributed by atoms with van der Waals surface area (Å²) < 4.78 is 0. The fraction of sp³-hybridized carbons (Fsp3) is 0.909. The van der Waals surface area contributed by atoms with E-state index in [1.54, 1.807) is 0 Å². The molecule has 0 aliphatic carbocycles. The molecular formula is C11H22N2O. The van der Waals surface area contributed by atoms with Gasteiger partial charge in [-0.05, 0) is 38.3 Å². The highest BCUT2D eigenvalue weighted by atomic mass is 16.1. The second-order valence-electron chi connectivity index (χ2n) is 4.25. The zero-order chi connectivity index (χ0) is 10.4. The zero-order valence-corrected chi connectivity index (χ0v) is 9.31. The second-order valence-corrected chi connectivity index (χ2v) is 4.25. The summed E-state index contributed by atoms with van der Waals surface area (Å²) in [6.45, 7) is 7.10. The molecule has 0 radical (unpaired) electrons. The van der Waals surface area contributed by atoms with Crippen molar-refractivity contribution >= 4 is 5.91 Å². The molecule has 1 aliphatic rings. The standard InChI is InChI=1S/C11H22N2O/c1-3-9(2)11(14)13-8-10-4-6-12-7-5-10/h9-10,12H,3-8H2,1-2H3,(H,13,14). The Morgan fingerprint density at radius 2 is 2.14 bits per heavy atom. The van der Waals surface area contributed by atoms with E-state index >= 15 is 0 Å². The summed E-state index contributed by atoms with van der Waals surface area (Å²) >= 11 is 0. The third-order valence-electron chi connectivity index (χ3n) is 3.08. The van der Waals surface area contributed by atoms with Crippen LogP contribution in [0.2, 0.25) is 0 Å². The predicted molar refractivity (Wildman–Crippen MR) is 58.1 cm³/mol. The smallest absolute Gasteiger partial charge is 0.222 e. The summed E-state index contributed by atoms with van der Waals surface area (Å²) in [4.78, 5) is 11.5. The quantitative estimate of drug-likeness (QED) is 0.711. The molecule has 14 heavy (non-hydrogen) atoms. The van der Waals surface area contributed by atoms with E-state index in [-0.39, 0.29) is 11.8 Å². The third kappa shape index (κ3) is 3.66. The van der Waals surface area contributed by atoms with Crippen molar-refractivity contribution in [1.29, 1.82) is 0 Å². The van der Waals surface area contributed by atoms with E-state index in [0.29, 0.717) is 5.92 Å². The van der Waals surface area contributed by atoms with Crippen LogP contribution < -0.4 is 10.6 Å². The Kier molecular flexibility index (Phi) is 4.94. The number of nitrogens with one attached hydrogen (secondary N) is 2. The SMILES string of the molecule is CCC(C)C(=O)NCC1CCNCC1. The molecule has 1 unspecified atom stereocenters. The summed E-state index contributed by atoms with van der Waals surface area (Å²) in [5, 5.41) is 6.36. The largest absolute Gasteiger partial charge is 0.356 e. The number of carbonyl (C=O) groups is 1. The van der Waals surface area contributed by atoms with E-state index in [9.17, 15) is 4.79 Å². The maximum atomic E-state index is 11.5. The van der Waals surface area contributed by atoms with Crippen molar-refractivity contribution in [2.24, 2.45) is 11.8 Å². The Morgan fingerprint density at radius 3 is 2.71 bits per heavy atom. The van der Waals surface area contributed by atoms with Gasteiger partial charge in [0.05, 0.1) is 0 Å². The molecule has 1 rings (SSSR count). The predicted octanol–water partition coefficient (Wildman–Crippen LogP) is 1.15. The number of amides is 1. The van der Waals surface area contributed by atoms with Gasteiger partial charge in [-0.25, -0.2) is 0 Å². The molecule has 3 nitrogen and oxygen atoms in total. The minimum absolute atomic E-state index is 0.164. The molecule has 2 N–H and O–H groups in total. The van der Waals surface area contributed by atoms with Gasteiger partial charge in [-0.1, -0.05) is 13.8 Å². The summed E-state index contributed by atoms with van der Waals surface area (Å²) in [7, 11) is 0.